The summed E-state index contributed by atoms with van der Waals surface area (Å²) in [6, 6.07) is 21.1. The molecule has 0 spiro atoms. The minimum absolute atomic E-state index is 0.0564. The SMILES string of the molecule is [C-]#[N+]/C(C#N)=C1/N=c2ccc(-c3nc(-c4ccccc4)nc(-c4ccc5c(c4C#N)=N/C(=C(\C#N)[N+]#[C-])N=5)n3)c([N+]#[C-])c2=N1. The normalized spacial score (nSPS) is 14.1. The van der Waals surface area contributed by atoms with Gasteiger partial charge in [-0.2, -0.15) is 5.26 Å². The molecule has 13 nitrogen and oxygen atoms in total. The number of benzene rings is 3. The second-order valence-corrected chi connectivity index (χ2v) is 8.82. The second kappa shape index (κ2) is 10.7. The van der Waals surface area contributed by atoms with Crippen LogP contribution in [0, 0.1) is 53.7 Å². The summed E-state index contributed by atoms with van der Waals surface area (Å²) in [6.45, 7) is 22.4. The van der Waals surface area contributed by atoms with E-state index in [9.17, 15) is 15.8 Å². The van der Waals surface area contributed by atoms with E-state index >= 15 is 0 Å². The zero-order valence-corrected chi connectivity index (χ0v) is 22.0. The highest BCUT2D eigenvalue weighted by atomic mass is 15.1. The number of fused-ring (bicyclic) bond motifs is 2. The lowest BCUT2D eigenvalue weighted by atomic mass is 10.1. The Kier molecular flexibility index (Phi) is 6.44. The van der Waals surface area contributed by atoms with Crippen LogP contribution in [0.15, 0.2) is 97.6 Å². The summed E-state index contributed by atoms with van der Waals surface area (Å²) in [4.78, 5) is 41.0. The van der Waals surface area contributed by atoms with E-state index < -0.39 is 0 Å². The number of rotatable bonds is 3. The molecule has 0 fully saturated rings. The van der Waals surface area contributed by atoms with Gasteiger partial charge < -0.3 is 0 Å². The van der Waals surface area contributed by atoms with E-state index in [0.29, 0.717) is 27.4 Å². The average Bonchev–Trinajstić information content (AvgIpc) is 3.70. The Morgan fingerprint density at radius 2 is 1.16 bits per heavy atom. The van der Waals surface area contributed by atoms with Gasteiger partial charge >= 0.3 is 11.4 Å². The summed E-state index contributed by atoms with van der Waals surface area (Å²) in [6.07, 6.45) is 0. The third-order valence-corrected chi connectivity index (χ3v) is 6.41. The van der Waals surface area contributed by atoms with Crippen LogP contribution in [0.4, 0.5) is 5.69 Å². The van der Waals surface area contributed by atoms with Crippen LogP contribution in [0.2, 0.25) is 0 Å². The van der Waals surface area contributed by atoms with Gasteiger partial charge in [-0.05, 0) is 18.2 Å². The minimum atomic E-state index is -0.308. The fourth-order valence-electron chi connectivity index (χ4n) is 4.43. The maximum absolute atomic E-state index is 10.2. The highest BCUT2D eigenvalue weighted by Gasteiger charge is 2.22. The van der Waals surface area contributed by atoms with Crippen LogP contribution in [-0.2, 0) is 0 Å². The van der Waals surface area contributed by atoms with Crippen molar-refractivity contribution in [3.8, 4) is 52.4 Å². The Hall–Kier alpha value is -7.71. The Bertz CT molecular complexity index is 2370. The fraction of sp³-hybridized carbons (Fsp3) is 0. The molecule has 0 saturated carbocycles. The van der Waals surface area contributed by atoms with Crippen LogP contribution in [0.5, 0.6) is 0 Å². The largest absolute Gasteiger partial charge is 0.305 e. The number of nitrogens with zero attached hydrogens (tertiary/aromatic N) is 13. The summed E-state index contributed by atoms with van der Waals surface area (Å²) < 4.78 is 0. The van der Waals surface area contributed by atoms with Gasteiger partial charge in [0, 0.05) is 16.7 Å². The Labute approximate surface area is 247 Å². The molecule has 0 aliphatic carbocycles. The van der Waals surface area contributed by atoms with Gasteiger partial charge in [-0.1, -0.05) is 36.4 Å². The molecule has 3 aromatic carbocycles. The predicted molar refractivity (Wildman–Crippen MR) is 150 cm³/mol. The standard InChI is InChI=1S/C31H9N13/c1-35-22(14-33)30-38-20-11-9-17(19(13-32)24(20)40-30)28-42-27(16-7-5-4-6-8-16)43-29(44-28)18-10-12-21-26(25(18)37-3)41-31(39-21)23(15-34)36-2/h4-12H/b30-22+,31-23-. The first-order chi connectivity index (χ1) is 21.5. The van der Waals surface area contributed by atoms with Crippen LogP contribution in [-0.4, -0.2) is 15.0 Å². The summed E-state index contributed by atoms with van der Waals surface area (Å²) in [5, 5.41) is 29.7. The molecule has 6 rings (SSSR count). The lowest BCUT2D eigenvalue weighted by Gasteiger charge is -2.10. The van der Waals surface area contributed by atoms with Crippen LogP contribution in [0.25, 0.3) is 48.7 Å². The molecule has 0 saturated heterocycles. The molecule has 3 heterocycles. The highest BCUT2D eigenvalue weighted by Crippen LogP contribution is 2.29. The van der Waals surface area contributed by atoms with E-state index in [0.717, 1.165) is 0 Å². The van der Waals surface area contributed by atoms with E-state index in [2.05, 4.69) is 55.5 Å². The van der Waals surface area contributed by atoms with Gasteiger partial charge in [0.15, 0.2) is 29.1 Å². The number of allylic oxidation sites excluding steroid dienone is 2. The molecule has 0 unspecified atom stereocenters. The second-order valence-electron chi connectivity index (χ2n) is 8.82. The van der Waals surface area contributed by atoms with Crippen molar-refractivity contribution < 1.29 is 0 Å². The van der Waals surface area contributed by atoms with E-state index in [1.807, 2.05) is 18.2 Å². The van der Waals surface area contributed by atoms with Crippen molar-refractivity contribution in [1.82, 2.24) is 15.0 Å². The quantitative estimate of drug-likeness (QED) is 0.274. The minimum Gasteiger partial charge on any atom is -0.250 e. The predicted octanol–water partition coefficient (Wildman–Crippen LogP) is 3.02. The molecule has 0 radical (unpaired) electrons. The summed E-state index contributed by atoms with van der Waals surface area (Å²) >= 11 is 0. The summed E-state index contributed by atoms with van der Waals surface area (Å²) in [5.41, 5.74) is 0.746. The van der Waals surface area contributed by atoms with Gasteiger partial charge in [0.25, 0.3) is 0 Å². The molecule has 1 aromatic heterocycles. The fourth-order valence-corrected chi connectivity index (χ4v) is 4.43. The smallest absolute Gasteiger partial charge is 0.250 e. The Balaban J connectivity index is 1.64. The van der Waals surface area contributed by atoms with Crippen molar-refractivity contribution in [3.05, 3.63) is 139 Å². The van der Waals surface area contributed by atoms with Crippen molar-refractivity contribution in [3.63, 3.8) is 0 Å². The van der Waals surface area contributed by atoms with E-state index in [-0.39, 0.29) is 62.5 Å². The molecular formula is C31H9N13. The first kappa shape index (κ1) is 26.5. The molecule has 0 bridgehead atoms. The zero-order chi connectivity index (χ0) is 30.8. The first-order valence-corrected chi connectivity index (χ1v) is 12.4. The maximum atomic E-state index is 10.2. The molecule has 13 heteroatoms. The zero-order valence-electron chi connectivity index (χ0n) is 22.0. The molecule has 0 atom stereocenters. The molecule has 2 aliphatic heterocycles. The number of hydrogen-bond acceptors (Lipinski definition) is 10. The van der Waals surface area contributed by atoms with Crippen molar-refractivity contribution >= 4 is 5.69 Å². The molecule has 4 aromatic rings. The van der Waals surface area contributed by atoms with Crippen molar-refractivity contribution in [1.29, 1.82) is 15.8 Å². The van der Waals surface area contributed by atoms with Crippen LogP contribution in [0.3, 0.4) is 0 Å². The third kappa shape index (κ3) is 4.27. The van der Waals surface area contributed by atoms with Gasteiger partial charge in [-0.3, -0.25) is 0 Å². The average molecular weight is 564 g/mol. The van der Waals surface area contributed by atoms with Crippen LogP contribution in [0.1, 0.15) is 5.56 Å². The maximum Gasteiger partial charge on any atom is 0.305 e. The van der Waals surface area contributed by atoms with Crippen LogP contribution < -0.4 is 21.4 Å². The van der Waals surface area contributed by atoms with Gasteiger partial charge in [0.2, 0.25) is 5.69 Å². The van der Waals surface area contributed by atoms with Gasteiger partial charge in [-0.25, -0.2) is 60.0 Å². The third-order valence-electron chi connectivity index (χ3n) is 6.41. The number of hydrogen-bond donors (Lipinski definition) is 0. The number of nitriles is 3. The van der Waals surface area contributed by atoms with E-state index in [4.69, 9.17) is 19.7 Å². The van der Waals surface area contributed by atoms with Gasteiger partial charge in [0.1, 0.15) is 11.4 Å². The van der Waals surface area contributed by atoms with E-state index in [1.165, 1.54) is 0 Å². The molecule has 44 heavy (non-hydrogen) atoms. The Morgan fingerprint density at radius 3 is 1.73 bits per heavy atom. The number of aromatic nitrogens is 3. The monoisotopic (exact) mass is 563 g/mol. The lowest BCUT2D eigenvalue weighted by molar-refractivity contribution is 1.07. The van der Waals surface area contributed by atoms with Crippen molar-refractivity contribution in [2.24, 2.45) is 20.0 Å². The van der Waals surface area contributed by atoms with Crippen LogP contribution >= 0.6 is 0 Å². The topological polar surface area (TPSA) is 173 Å². The van der Waals surface area contributed by atoms with Crippen molar-refractivity contribution in [2.75, 3.05) is 0 Å². The van der Waals surface area contributed by atoms with Gasteiger partial charge in [-0.15, -0.1) is 0 Å². The summed E-state index contributed by atoms with van der Waals surface area (Å²) in [5.74, 6) is 0.290. The highest BCUT2D eigenvalue weighted by molar-refractivity contribution is 5.77. The Morgan fingerprint density at radius 1 is 0.614 bits per heavy atom. The molecule has 2 aliphatic rings. The first-order valence-electron chi connectivity index (χ1n) is 12.4. The molecule has 0 amide bonds. The van der Waals surface area contributed by atoms with Crippen molar-refractivity contribution in [2.45, 2.75) is 0 Å². The summed E-state index contributed by atoms with van der Waals surface area (Å²) in [7, 11) is 0. The molecule has 0 N–H and O–H groups in total. The molecule has 198 valence electrons. The van der Waals surface area contributed by atoms with E-state index in [1.54, 1.807) is 48.5 Å². The molecular weight excluding hydrogens is 554 g/mol. The van der Waals surface area contributed by atoms with Gasteiger partial charge in [0.05, 0.1) is 53.5 Å². The lowest BCUT2D eigenvalue weighted by Crippen LogP contribution is -2.25.